The van der Waals surface area contributed by atoms with Gasteiger partial charge in [0.05, 0.1) is 27.5 Å². The van der Waals surface area contributed by atoms with Crippen LogP contribution < -0.4 is 5.32 Å². The van der Waals surface area contributed by atoms with Gasteiger partial charge in [0.1, 0.15) is 0 Å². The number of benzene rings is 2. The van der Waals surface area contributed by atoms with Crippen LogP contribution in [0.25, 0.3) is 10.9 Å². The minimum atomic E-state index is 0.0121. The van der Waals surface area contributed by atoms with Crippen molar-refractivity contribution >= 4 is 51.5 Å². The predicted octanol–water partition coefficient (Wildman–Crippen LogP) is 4.82. The quantitative estimate of drug-likeness (QED) is 0.704. The van der Waals surface area contributed by atoms with Crippen molar-refractivity contribution < 1.29 is 4.79 Å². The summed E-state index contributed by atoms with van der Waals surface area (Å²) in [7, 11) is 0. The van der Waals surface area contributed by atoms with Gasteiger partial charge in [-0.15, -0.1) is 0 Å². The van der Waals surface area contributed by atoms with Crippen LogP contribution >= 0.6 is 23.4 Å². The second-order valence-corrected chi connectivity index (χ2v) is 7.71. The van der Waals surface area contributed by atoms with E-state index in [0.29, 0.717) is 10.6 Å². The second-order valence-electron chi connectivity index (χ2n) is 6.07. The molecule has 2 aromatic carbocycles. The van der Waals surface area contributed by atoms with E-state index in [0.717, 1.165) is 46.9 Å². The fourth-order valence-corrected chi connectivity index (χ4v) is 4.16. The lowest BCUT2D eigenvalue weighted by atomic mass is 10.1. The van der Waals surface area contributed by atoms with E-state index in [-0.39, 0.29) is 5.91 Å². The van der Waals surface area contributed by atoms with Gasteiger partial charge >= 0.3 is 0 Å². The van der Waals surface area contributed by atoms with Crippen LogP contribution in [0.1, 0.15) is 10.4 Å². The Labute approximate surface area is 161 Å². The Morgan fingerprint density at radius 3 is 2.62 bits per heavy atom. The maximum Gasteiger partial charge on any atom is 0.257 e. The highest BCUT2D eigenvalue weighted by molar-refractivity contribution is 7.99. The van der Waals surface area contributed by atoms with Crippen LogP contribution in [0.4, 0.5) is 11.4 Å². The molecule has 1 aromatic heterocycles. The number of amides is 1. The summed E-state index contributed by atoms with van der Waals surface area (Å²) >= 11 is 8.21. The molecule has 4 rings (SSSR count). The van der Waals surface area contributed by atoms with E-state index < -0.39 is 0 Å². The molecule has 1 fully saturated rings. The molecule has 1 N–H and O–H groups in total. The molecule has 0 saturated carbocycles. The van der Waals surface area contributed by atoms with Gasteiger partial charge < -0.3 is 10.2 Å². The van der Waals surface area contributed by atoms with Crippen molar-refractivity contribution in [1.29, 1.82) is 0 Å². The molecule has 26 heavy (non-hydrogen) atoms. The molecule has 1 aliphatic heterocycles. The number of hydrogen-bond donors (Lipinski definition) is 1. The predicted molar refractivity (Wildman–Crippen MR) is 110 cm³/mol. The average molecular weight is 384 g/mol. The summed E-state index contributed by atoms with van der Waals surface area (Å²) in [4.78, 5) is 19.5. The molecule has 0 bridgehead atoms. The Bertz CT molecular complexity index is 957. The summed E-state index contributed by atoms with van der Waals surface area (Å²) in [6.07, 6.45) is 1.67. The van der Waals surface area contributed by atoms with Gasteiger partial charge in [0.25, 0.3) is 5.91 Å². The summed E-state index contributed by atoms with van der Waals surface area (Å²) in [5.41, 5.74) is 2.95. The average Bonchev–Trinajstić information content (AvgIpc) is 2.70. The molecule has 0 atom stereocenters. The first-order valence-electron chi connectivity index (χ1n) is 8.50. The van der Waals surface area contributed by atoms with Crippen molar-refractivity contribution in [3.8, 4) is 0 Å². The third-order valence-electron chi connectivity index (χ3n) is 4.44. The summed E-state index contributed by atoms with van der Waals surface area (Å²) in [6, 6.07) is 15.4. The van der Waals surface area contributed by atoms with Crippen LogP contribution in [0.3, 0.4) is 0 Å². The van der Waals surface area contributed by atoms with Crippen LogP contribution in [-0.2, 0) is 0 Å². The molecule has 0 spiro atoms. The lowest BCUT2D eigenvalue weighted by molar-refractivity contribution is 0.0773. The number of anilines is 2. The molecule has 1 amide bonds. The highest BCUT2D eigenvalue weighted by atomic mass is 35.5. The van der Waals surface area contributed by atoms with Crippen molar-refractivity contribution in [3.05, 3.63) is 65.3 Å². The lowest BCUT2D eigenvalue weighted by Gasteiger charge is -2.27. The van der Waals surface area contributed by atoms with Crippen LogP contribution in [0.15, 0.2) is 54.7 Å². The number of para-hydroxylation sites is 2. The number of thioether (sulfide) groups is 1. The number of carbonyl (C=O) groups is 1. The maximum atomic E-state index is 13.1. The van der Waals surface area contributed by atoms with Gasteiger partial charge in [0.15, 0.2) is 0 Å². The molecule has 2 heterocycles. The summed E-state index contributed by atoms with van der Waals surface area (Å²) < 4.78 is 0. The minimum Gasteiger partial charge on any atom is -0.353 e. The monoisotopic (exact) mass is 383 g/mol. The summed E-state index contributed by atoms with van der Waals surface area (Å²) in [5, 5.41) is 4.90. The molecule has 1 aliphatic rings. The van der Waals surface area contributed by atoms with Gasteiger partial charge in [-0.3, -0.25) is 9.78 Å². The molecule has 4 nitrogen and oxygen atoms in total. The molecule has 1 saturated heterocycles. The molecule has 132 valence electrons. The highest BCUT2D eigenvalue weighted by Crippen LogP contribution is 2.32. The Balaban J connectivity index is 1.81. The van der Waals surface area contributed by atoms with Gasteiger partial charge in [-0.25, -0.2) is 0 Å². The first kappa shape index (κ1) is 17.2. The van der Waals surface area contributed by atoms with E-state index in [1.807, 2.05) is 65.2 Å². The fraction of sp³-hybridized carbons (Fsp3) is 0.200. The van der Waals surface area contributed by atoms with E-state index in [9.17, 15) is 4.79 Å². The van der Waals surface area contributed by atoms with Crippen LogP contribution in [0.2, 0.25) is 5.02 Å². The summed E-state index contributed by atoms with van der Waals surface area (Å²) in [6.45, 7) is 1.53. The van der Waals surface area contributed by atoms with Crippen molar-refractivity contribution in [3.63, 3.8) is 0 Å². The van der Waals surface area contributed by atoms with Crippen molar-refractivity contribution in [2.45, 2.75) is 0 Å². The van der Waals surface area contributed by atoms with E-state index in [1.54, 1.807) is 6.20 Å². The smallest absolute Gasteiger partial charge is 0.257 e. The number of aromatic nitrogens is 1. The first-order chi connectivity index (χ1) is 12.7. The first-order valence-corrected chi connectivity index (χ1v) is 10.0. The van der Waals surface area contributed by atoms with Crippen molar-refractivity contribution in [1.82, 2.24) is 9.88 Å². The largest absolute Gasteiger partial charge is 0.353 e. The molecular formula is C20H18ClN3OS. The zero-order valence-corrected chi connectivity index (χ0v) is 15.7. The summed E-state index contributed by atoms with van der Waals surface area (Å²) in [5.74, 6) is 1.96. The second kappa shape index (κ2) is 7.56. The lowest BCUT2D eigenvalue weighted by Crippen LogP contribution is -2.38. The molecular weight excluding hydrogens is 366 g/mol. The zero-order valence-electron chi connectivity index (χ0n) is 14.1. The molecule has 0 unspecified atom stereocenters. The standard InChI is InChI=1S/C20H18ClN3OS/c21-16-6-2-4-8-18(16)23-19-14-5-1-3-7-17(14)22-13-15(19)20(25)24-9-11-26-12-10-24/h1-8,13H,9-12H2,(H,22,23). The van der Waals surface area contributed by atoms with E-state index >= 15 is 0 Å². The molecule has 6 heteroatoms. The highest BCUT2D eigenvalue weighted by Gasteiger charge is 2.23. The normalized spacial score (nSPS) is 14.4. The van der Waals surface area contributed by atoms with Crippen LogP contribution in [-0.4, -0.2) is 40.4 Å². The van der Waals surface area contributed by atoms with Gasteiger partial charge in [0, 0.05) is 36.2 Å². The zero-order chi connectivity index (χ0) is 17.9. The van der Waals surface area contributed by atoms with Gasteiger partial charge in [0.2, 0.25) is 0 Å². The SMILES string of the molecule is O=C(c1cnc2ccccc2c1Nc1ccccc1Cl)N1CCSCC1. The Morgan fingerprint density at radius 1 is 1.08 bits per heavy atom. The van der Waals surface area contributed by atoms with E-state index in [4.69, 9.17) is 11.6 Å². The Morgan fingerprint density at radius 2 is 1.81 bits per heavy atom. The maximum absolute atomic E-state index is 13.1. The fourth-order valence-electron chi connectivity index (χ4n) is 3.07. The third kappa shape index (κ3) is 3.37. The number of rotatable bonds is 3. The topological polar surface area (TPSA) is 45.2 Å². The van der Waals surface area contributed by atoms with Crippen LogP contribution in [0, 0.1) is 0 Å². The van der Waals surface area contributed by atoms with Crippen molar-refractivity contribution in [2.24, 2.45) is 0 Å². The third-order valence-corrected chi connectivity index (χ3v) is 5.71. The Kier molecular flexibility index (Phi) is 5.00. The van der Waals surface area contributed by atoms with Gasteiger partial charge in [-0.1, -0.05) is 41.9 Å². The number of pyridine rings is 1. The molecule has 3 aromatic rings. The van der Waals surface area contributed by atoms with Crippen LogP contribution in [0.5, 0.6) is 0 Å². The Hall–Kier alpha value is -2.24. The molecule has 0 radical (unpaired) electrons. The number of halogens is 1. The number of nitrogens with zero attached hydrogens (tertiary/aromatic N) is 2. The number of hydrogen-bond acceptors (Lipinski definition) is 4. The van der Waals surface area contributed by atoms with E-state index in [2.05, 4.69) is 10.3 Å². The number of fused-ring (bicyclic) bond motifs is 1. The molecule has 0 aliphatic carbocycles. The van der Waals surface area contributed by atoms with E-state index in [1.165, 1.54) is 0 Å². The number of nitrogens with one attached hydrogen (secondary N) is 1. The minimum absolute atomic E-state index is 0.0121. The van der Waals surface area contributed by atoms with Gasteiger partial charge in [-0.05, 0) is 18.2 Å². The number of carbonyl (C=O) groups excluding carboxylic acids is 1. The van der Waals surface area contributed by atoms with Crippen molar-refractivity contribution in [2.75, 3.05) is 29.9 Å². The van der Waals surface area contributed by atoms with Gasteiger partial charge in [-0.2, -0.15) is 11.8 Å².